The maximum absolute atomic E-state index is 6.23. The van der Waals surface area contributed by atoms with Crippen LogP contribution in [0.1, 0.15) is 38.6 Å². The van der Waals surface area contributed by atoms with Crippen LogP contribution in [0.15, 0.2) is 18.2 Å². The Bertz CT molecular complexity index is 628. The average Bonchev–Trinajstić information content (AvgIpc) is 2.68. The molecular formula is C14H17ClN2S. The summed E-state index contributed by atoms with van der Waals surface area (Å²) in [6.45, 7) is 2.33. The number of nitrogens with one attached hydrogen (secondary N) is 1. The zero-order valence-corrected chi connectivity index (χ0v) is 12.0. The smallest absolute Gasteiger partial charge is 0.178 e. The van der Waals surface area contributed by atoms with Gasteiger partial charge in [-0.05, 0) is 43.1 Å². The molecule has 96 valence electrons. The number of para-hydroxylation sites is 1. The number of nitrogens with zero attached hydrogens (tertiary/aromatic N) is 1. The third-order valence-electron chi connectivity index (χ3n) is 4.10. The number of halogens is 1. The van der Waals surface area contributed by atoms with Crippen LogP contribution in [0.3, 0.4) is 0 Å². The number of fused-ring (bicyclic) bond motifs is 1. The molecule has 2 nitrogen and oxygen atoms in total. The van der Waals surface area contributed by atoms with Gasteiger partial charge in [-0.15, -0.1) is 0 Å². The van der Waals surface area contributed by atoms with Gasteiger partial charge in [-0.3, -0.25) is 0 Å². The van der Waals surface area contributed by atoms with Crippen LogP contribution in [0.5, 0.6) is 0 Å². The Balaban J connectivity index is 2.19. The van der Waals surface area contributed by atoms with Gasteiger partial charge in [-0.2, -0.15) is 0 Å². The molecule has 0 aliphatic heterocycles. The van der Waals surface area contributed by atoms with E-state index < -0.39 is 0 Å². The lowest BCUT2D eigenvalue weighted by atomic mass is 9.86. The summed E-state index contributed by atoms with van der Waals surface area (Å²) >= 11 is 11.7. The van der Waals surface area contributed by atoms with Crippen molar-refractivity contribution in [3.63, 3.8) is 0 Å². The van der Waals surface area contributed by atoms with Crippen molar-refractivity contribution in [2.24, 2.45) is 5.92 Å². The number of H-pyrrole nitrogens is 1. The Labute approximate surface area is 117 Å². The highest BCUT2D eigenvalue weighted by atomic mass is 35.5. The van der Waals surface area contributed by atoms with Crippen molar-refractivity contribution in [2.75, 3.05) is 0 Å². The summed E-state index contributed by atoms with van der Waals surface area (Å²) in [5.74, 6) is 0.684. The van der Waals surface area contributed by atoms with Crippen LogP contribution in [0.2, 0.25) is 5.02 Å². The van der Waals surface area contributed by atoms with E-state index in [2.05, 4.69) is 22.5 Å². The maximum Gasteiger partial charge on any atom is 0.178 e. The van der Waals surface area contributed by atoms with E-state index in [9.17, 15) is 0 Å². The molecule has 18 heavy (non-hydrogen) atoms. The summed E-state index contributed by atoms with van der Waals surface area (Å²) in [4.78, 5) is 3.26. The van der Waals surface area contributed by atoms with Gasteiger partial charge in [0, 0.05) is 6.04 Å². The highest BCUT2D eigenvalue weighted by Crippen LogP contribution is 2.36. The fourth-order valence-corrected chi connectivity index (χ4v) is 3.68. The van der Waals surface area contributed by atoms with Crippen LogP contribution < -0.4 is 0 Å². The number of benzene rings is 1. The number of imidazole rings is 1. The van der Waals surface area contributed by atoms with E-state index in [-0.39, 0.29) is 0 Å². The first-order valence-corrected chi connectivity index (χ1v) is 7.36. The zero-order valence-electron chi connectivity index (χ0n) is 10.4. The number of hydrogen-bond acceptors (Lipinski definition) is 1. The summed E-state index contributed by atoms with van der Waals surface area (Å²) in [6.07, 6.45) is 5.15. The van der Waals surface area contributed by atoms with Crippen LogP contribution >= 0.6 is 23.8 Å². The molecule has 0 saturated heterocycles. The summed E-state index contributed by atoms with van der Waals surface area (Å²) < 4.78 is 3.08. The molecule has 1 aromatic carbocycles. The number of rotatable bonds is 1. The van der Waals surface area contributed by atoms with Crippen LogP contribution in [-0.2, 0) is 0 Å². The second kappa shape index (κ2) is 4.71. The van der Waals surface area contributed by atoms with Gasteiger partial charge in [-0.25, -0.2) is 0 Å². The minimum Gasteiger partial charge on any atom is -0.329 e. The topological polar surface area (TPSA) is 20.7 Å². The fourth-order valence-electron chi connectivity index (χ4n) is 3.12. The van der Waals surface area contributed by atoms with E-state index in [1.165, 1.54) is 25.7 Å². The lowest BCUT2D eigenvalue weighted by Crippen LogP contribution is -2.21. The normalized spacial score (nSPS) is 24.6. The molecule has 4 heteroatoms. The summed E-state index contributed by atoms with van der Waals surface area (Å²) in [5.41, 5.74) is 2.12. The van der Waals surface area contributed by atoms with E-state index >= 15 is 0 Å². The summed E-state index contributed by atoms with van der Waals surface area (Å²) in [5, 5.41) is 0.751. The van der Waals surface area contributed by atoms with E-state index in [0.717, 1.165) is 20.8 Å². The molecule has 1 fully saturated rings. The summed E-state index contributed by atoms with van der Waals surface area (Å²) in [6, 6.07) is 6.52. The molecule has 0 bridgehead atoms. The van der Waals surface area contributed by atoms with Gasteiger partial charge in [0.1, 0.15) is 0 Å². The molecule has 1 saturated carbocycles. The highest BCUT2D eigenvalue weighted by Gasteiger charge is 2.25. The molecule has 0 radical (unpaired) electrons. The van der Waals surface area contributed by atoms with Gasteiger partial charge in [-0.1, -0.05) is 37.4 Å². The third kappa shape index (κ3) is 1.90. The predicted octanol–water partition coefficient (Wildman–Crippen LogP) is 5.10. The lowest BCUT2D eigenvalue weighted by molar-refractivity contribution is 0.260. The Morgan fingerprint density at radius 2 is 2.11 bits per heavy atom. The van der Waals surface area contributed by atoms with Gasteiger partial charge < -0.3 is 9.55 Å². The third-order valence-corrected chi connectivity index (χ3v) is 4.71. The van der Waals surface area contributed by atoms with Gasteiger partial charge in [0.2, 0.25) is 0 Å². The van der Waals surface area contributed by atoms with Crippen molar-refractivity contribution in [3.05, 3.63) is 28.0 Å². The van der Waals surface area contributed by atoms with E-state index in [1.54, 1.807) is 0 Å². The quantitative estimate of drug-likeness (QED) is 0.721. The molecule has 1 N–H and O–H groups in total. The van der Waals surface area contributed by atoms with E-state index in [1.807, 2.05) is 12.1 Å². The molecule has 0 amide bonds. The van der Waals surface area contributed by atoms with Crippen molar-refractivity contribution in [3.8, 4) is 0 Å². The van der Waals surface area contributed by atoms with Gasteiger partial charge in [0.15, 0.2) is 4.77 Å². The fraction of sp³-hybridized carbons (Fsp3) is 0.500. The van der Waals surface area contributed by atoms with E-state index in [0.29, 0.717) is 12.0 Å². The Morgan fingerprint density at radius 1 is 1.33 bits per heavy atom. The molecule has 0 spiro atoms. The second-order valence-electron chi connectivity index (χ2n) is 5.26. The molecule has 2 aromatic rings. The molecule has 1 aromatic heterocycles. The molecule has 1 heterocycles. The predicted molar refractivity (Wildman–Crippen MR) is 78.8 cm³/mol. The molecule has 2 unspecified atom stereocenters. The van der Waals surface area contributed by atoms with Crippen molar-refractivity contribution in [1.29, 1.82) is 0 Å². The van der Waals surface area contributed by atoms with Crippen LogP contribution in [0.25, 0.3) is 11.0 Å². The molecule has 1 aliphatic rings. The second-order valence-corrected chi connectivity index (χ2v) is 6.06. The van der Waals surface area contributed by atoms with Crippen LogP contribution in [0.4, 0.5) is 0 Å². The van der Waals surface area contributed by atoms with Gasteiger partial charge in [0.05, 0.1) is 16.1 Å². The lowest BCUT2D eigenvalue weighted by Gasteiger charge is -2.30. The van der Waals surface area contributed by atoms with Crippen molar-refractivity contribution in [2.45, 2.75) is 38.6 Å². The number of hydrogen-bond donors (Lipinski definition) is 1. The Kier molecular flexibility index (Phi) is 3.20. The standard InChI is InChI=1S/C14H17ClN2S/c1-9-5-2-3-7-11(9)17-12-8-4-6-10(15)13(12)16-14(17)18/h4,6,8-9,11H,2-3,5,7H2,1H3,(H,16,18). The Morgan fingerprint density at radius 3 is 2.89 bits per heavy atom. The van der Waals surface area contributed by atoms with Gasteiger partial charge in [0.25, 0.3) is 0 Å². The highest BCUT2D eigenvalue weighted by molar-refractivity contribution is 7.71. The molecule has 2 atom stereocenters. The monoisotopic (exact) mass is 280 g/mol. The maximum atomic E-state index is 6.23. The van der Waals surface area contributed by atoms with Crippen molar-refractivity contribution in [1.82, 2.24) is 9.55 Å². The van der Waals surface area contributed by atoms with Crippen LogP contribution in [0, 0.1) is 10.7 Å². The van der Waals surface area contributed by atoms with Crippen molar-refractivity contribution >= 4 is 34.9 Å². The minimum atomic E-state index is 0.512. The minimum absolute atomic E-state index is 0.512. The molecule has 1 aliphatic carbocycles. The van der Waals surface area contributed by atoms with E-state index in [4.69, 9.17) is 23.8 Å². The van der Waals surface area contributed by atoms with Crippen molar-refractivity contribution < 1.29 is 0 Å². The van der Waals surface area contributed by atoms with Gasteiger partial charge >= 0.3 is 0 Å². The number of aromatic nitrogens is 2. The first-order chi connectivity index (χ1) is 8.68. The number of aromatic amines is 1. The zero-order chi connectivity index (χ0) is 12.7. The van der Waals surface area contributed by atoms with Crippen LogP contribution in [-0.4, -0.2) is 9.55 Å². The first-order valence-electron chi connectivity index (χ1n) is 6.57. The molecule has 3 rings (SSSR count). The first kappa shape index (κ1) is 12.2. The SMILES string of the molecule is CC1CCCCC1n1c(=S)[nH]c2c(Cl)cccc21. The summed E-state index contributed by atoms with van der Waals surface area (Å²) in [7, 11) is 0. The Hall–Kier alpha value is -0.800. The molecular weight excluding hydrogens is 264 g/mol. The average molecular weight is 281 g/mol. The largest absolute Gasteiger partial charge is 0.329 e.